The van der Waals surface area contributed by atoms with E-state index in [0.29, 0.717) is 17.0 Å². The maximum Gasteiger partial charge on any atom is 0.278 e. The average Bonchev–Trinajstić information content (AvgIpc) is 3.37. The lowest BCUT2D eigenvalue weighted by Crippen LogP contribution is -2.24. The monoisotopic (exact) mass is 499 g/mol. The number of hydrogen-bond acceptors (Lipinski definition) is 7. The van der Waals surface area contributed by atoms with Gasteiger partial charge in [0.15, 0.2) is 5.65 Å². The van der Waals surface area contributed by atoms with Crippen LogP contribution in [0.4, 0.5) is 11.6 Å². The van der Waals surface area contributed by atoms with Gasteiger partial charge in [0.05, 0.1) is 5.69 Å². The Morgan fingerprint density at radius 2 is 1.97 bits per heavy atom. The molecule has 1 aliphatic heterocycles. The molecule has 0 unspecified atom stereocenters. The van der Waals surface area contributed by atoms with Gasteiger partial charge in [-0.2, -0.15) is 4.98 Å². The third kappa shape index (κ3) is 4.35. The van der Waals surface area contributed by atoms with Crippen molar-refractivity contribution in [2.24, 2.45) is 0 Å². The van der Waals surface area contributed by atoms with E-state index in [1.165, 1.54) is 22.5 Å². The molecule has 0 bridgehead atoms. The van der Waals surface area contributed by atoms with Gasteiger partial charge in [0.1, 0.15) is 5.39 Å². The van der Waals surface area contributed by atoms with E-state index in [4.69, 9.17) is 9.97 Å². The first-order chi connectivity index (χ1) is 15.7. The molecule has 3 aromatic heterocycles. The number of thiazole rings is 1. The Morgan fingerprint density at radius 3 is 2.68 bits per heavy atom. The van der Waals surface area contributed by atoms with Crippen LogP contribution in [0.25, 0.3) is 16.2 Å². The quantitative estimate of drug-likeness (QED) is 0.422. The Hall–Kier alpha value is -2.75. The summed E-state index contributed by atoms with van der Waals surface area (Å²) in [5.41, 5.74) is 4.96. The Kier molecular flexibility index (Phi) is 6.54. The predicted octanol–water partition coefficient (Wildman–Crippen LogP) is 4.73. The molecule has 0 radical (unpaired) electrons. The normalized spacial score (nSPS) is 13.7. The Bertz CT molecular complexity index is 1400. The molecule has 4 heterocycles. The molecule has 0 atom stereocenters. The summed E-state index contributed by atoms with van der Waals surface area (Å²) < 4.78 is 3.55. The van der Waals surface area contributed by atoms with Gasteiger partial charge in [0.2, 0.25) is 11.1 Å². The standard InChI is InChI=1S/C24H29N7OS.ClH/c1-14(2)30-21(32)18-12-26-22(27-17-7-6-16-11-25-9-8-15(16)10-17)29-20(18)31(30)23-28-19(13-33-23)24(3,4)5;/h6-7,10,12-14,25H,8-9,11H2,1-5H3,(H,26,27,29);1H. The lowest BCUT2D eigenvalue weighted by atomic mass is 9.93. The van der Waals surface area contributed by atoms with Crippen molar-refractivity contribution >= 4 is 46.4 Å². The van der Waals surface area contributed by atoms with E-state index in [1.54, 1.807) is 10.9 Å². The van der Waals surface area contributed by atoms with Crippen LogP contribution < -0.4 is 16.2 Å². The number of hydrogen-bond donors (Lipinski definition) is 2. The minimum Gasteiger partial charge on any atom is -0.324 e. The minimum atomic E-state index is -0.111. The maximum absolute atomic E-state index is 13.2. The smallest absolute Gasteiger partial charge is 0.278 e. The Labute approximate surface area is 208 Å². The summed E-state index contributed by atoms with van der Waals surface area (Å²) in [7, 11) is 0. The van der Waals surface area contributed by atoms with Crippen LogP contribution in [0.1, 0.15) is 57.5 Å². The maximum atomic E-state index is 13.2. The molecule has 0 fully saturated rings. The second-order valence-electron chi connectivity index (χ2n) is 9.79. The predicted molar refractivity (Wildman–Crippen MR) is 140 cm³/mol. The third-order valence-corrected chi connectivity index (χ3v) is 6.72. The highest BCUT2D eigenvalue weighted by Gasteiger charge is 2.24. The van der Waals surface area contributed by atoms with Crippen LogP contribution in [0, 0.1) is 0 Å². The number of fused-ring (bicyclic) bond motifs is 2. The zero-order valence-corrected chi connectivity index (χ0v) is 21.7. The van der Waals surface area contributed by atoms with Crippen LogP contribution in [-0.2, 0) is 18.4 Å². The first kappa shape index (κ1) is 24.4. The Balaban J connectivity index is 0.00000274. The number of rotatable bonds is 4. The van der Waals surface area contributed by atoms with E-state index in [9.17, 15) is 4.79 Å². The SMILES string of the molecule is CC(C)n1c(=O)c2cnc(Nc3ccc4c(c3)CCNC4)nc2n1-c1nc(C(C)(C)C)cs1.Cl. The van der Waals surface area contributed by atoms with Gasteiger partial charge in [0.25, 0.3) is 5.56 Å². The van der Waals surface area contributed by atoms with Crippen LogP contribution in [0.2, 0.25) is 0 Å². The molecule has 8 nitrogen and oxygen atoms in total. The summed E-state index contributed by atoms with van der Waals surface area (Å²) in [6, 6.07) is 6.28. The summed E-state index contributed by atoms with van der Waals surface area (Å²) in [5, 5.41) is 9.99. The van der Waals surface area contributed by atoms with Crippen LogP contribution in [0.3, 0.4) is 0 Å². The molecule has 1 aromatic carbocycles. The van der Waals surface area contributed by atoms with Gasteiger partial charge in [-0.25, -0.2) is 19.3 Å². The number of nitrogens with zero attached hydrogens (tertiary/aromatic N) is 5. The molecule has 0 saturated carbocycles. The molecule has 5 rings (SSSR count). The van der Waals surface area contributed by atoms with Crippen molar-refractivity contribution in [2.45, 2.75) is 59.0 Å². The lowest BCUT2D eigenvalue weighted by molar-refractivity contribution is 0.473. The van der Waals surface area contributed by atoms with E-state index in [0.717, 1.165) is 36.0 Å². The summed E-state index contributed by atoms with van der Waals surface area (Å²) in [6.45, 7) is 12.3. The molecule has 34 heavy (non-hydrogen) atoms. The van der Waals surface area contributed by atoms with Gasteiger partial charge in [-0.15, -0.1) is 23.7 Å². The molecule has 1 aliphatic rings. The van der Waals surface area contributed by atoms with Gasteiger partial charge in [-0.1, -0.05) is 26.8 Å². The van der Waals surface area contributed by atoms with Crippen LogP contribution in [0.5, 0.6) is 0 Å². The first-order valence-electron chi connectivity index (χ1n) is 11.3. The summed E-state index contributed by atoms with van der Waals surface area (Å²) in [4.78, 5) is 27.3. The number of anilines is 2. The molecular weight excluding hydrogens is 470 g/mol. The van der Waals surface area contributed by atoms with Crippen molar-refractivity contribution in [1.29, 1.82) is 0 Å². The molecule has 4 aromatic rings. The molecule has 0 aliphatic carbocycles. The summed E-state index contributed by atoms with van der Waals surface area (Å²) in [5.74, 6) is 0.457. The van der Waals surface area contributed by atoms with Gasteiger partial charge < -0.3 is 10.6 Å². The lowest BCUT2D eigenvalue weighted by Gasteiger charge is -2.18. The molecule has 10 heteroatoms. The highest BCUT2D eigenvalue weighted by atomic mass is 35.5. The van der Waals surface area contributed by atoms with Crippen LogP contribution in [0.15, 0.2) is 34.6 Å². The van der Waals surface area contributed by atoms with E-state index in [-0.39, 0.29) is 29.4 Å². The summed E-state index contributed by atoms with van der Waals surface area (Å²) in [6.07, 6.45) is 2.62. The van der Waals surface area contributed by atoms with Crippen molar-refractivity contribution < 1.29 is 0 Å². The van der Waals surface area contributed by atoms with Crippen molar-refractivity contribution in [3.8, 4) is 5.13 Å². The van der Waals surface area contributed by atoms with Crippen molar-refractivity contribution in [3.63, 3.8) is 0 Å². The van der Waals surface area contributed by atoms with Crippen molar-refractivity contribution in [3.05, 3.63) is 57.0 Å². The van der Waals surface area contributed by atoms with Crippen LogP contribution in [-0.4, -0.2) is 30.9 Å². The fourth-order valence-corrected chi connectivity index (χ4v) is 5.15. The van der Waals surface area contributed by atoms with E-state index < -0.39 is 0 Å². The van der Waals surface area contributed by atoms with E-state index in [2.05, 4.69) is 53.9 Å². The summed E-state index contributed by atoms with van der Waals surface area (Å²) >= 11 is 1.52. The molecular formula is C24H30ClN7OS. The van der Waals surface area contributed by atoms with Gasteiger partial charge in [-0.05, 0) is 50.1 Å². The number of halogens is 1. The first-order valence-corrected chi connectivity index (χ1v) is 12.2. The van der Waals surface area contributed by atoms with Gasteiger partial charge in [0, 0.05) is 35.3 Å². The molecule has 2 N–H and O–H groups in total. The molecule has 0 spiro atoms. The van der Waals surface area contributed by atoms with Gasteiger partial charge >= 0.3 is 0 Å². The van der Waals surface area contributed by atoms with Crippen molar-refractivity contribution in [1.82, 2.24) is 29.6 Å². The van der Waals surface area contributed by atoms with E-state index in [1.807, 2.05) is 24.6 Å². The second-order valence-corrected chi connectivity index (χ2v) is 10.6. The fourth-order valence-electron chi connectivity index (χ4n) is 4.10. The number of aromatic nitrogens is 5. The number of nitrogens with one attached hydrogen (secondary N) is 2. The highest BCUT2D eigenvalue weighted by molar-refractivity contribution is 7.12. The van der Waals surface area contributed by atoms with Crippen LogP contribution >= 0.6 is 23.7 Å². The minimum absolute atomic E-state index is 0. The zero-order chi connectivity index (χ0) is 23.3. The topological polar surface area (TPSA) is 89.7 Å². The fraction of sp³-hybridized carbons (Fsp3) is 0.417. The zero-order valence-electron chi connectivity index (χ0n) is 20.0. The van der Waals surface area contributed by atoms with Gasteiger partial charge in [-0.3, -0.25) is 4.79 Å². The third-order valence-electron chi connectivity index (χ3n) is 5.90. The van der Waals surface area contributed by atoms with E-state index >= 15 is 0 Å². The Morgan fingerprint density at radius 1 is 1.18 bits per heavy atom. The average molecular weight is 500 g/mol. The number of benzene rings is 1. The molecule has 0 saturated heterocycles. The second kappa shape index (κ2) is 9.13. The molecule has 0 amide bonds. The largest absolute Gasteiger partial charge is 0.324 e. The highest BCUT2D eigenvalue weighted by Crippen LogP contribution is 2.28. The van der Waals surface area contributed by atoms with Crippen molar-refractivity contribution in [2.75, 3.05) is 11.9 Å². The molecule has 180 valence electrons.